The van der Waals surface area contributed by atoms with Gasteiger partial charge in [-0.25, -0.2) is 4.79 Å². The second kappa shape index (κ2) is 7.72. The van der Waals surface area contributed by atoms with Gasteiger partial charge in [0.05, 0.1) is 6.61 Å². The molecule has 21 heavy (non-hydrogen) atoms. The van der Waals surface area contributed by atoms with Crippen LogP contribution in [0.5, 0.6) is 5.75 Å². The highest BCUT2D eigenvalue weighted by molar-refractivity contribution is 6.18. The molecule has 0 saturated heterocycles. The number of rotatable bonds is 8. The fourth-order valence-electron chi connectivity index (χ4n) is 2.29. The number of unbranched alkanes of at least 4 members (excludes halogenated alkanes) is 4. The van der Waals surface area contributed by atoms with Gasteiger partial charge in [0.15, 0.2) is 0 Å². The third kappa shape index (κ3) is 4.25. The minimum atomic E-state index is -0.475. The molecule has 1 aromatic carbocycles. The number of hydrogen-bond acceptors (Lipinski definition) is 4. The fourth-order valence-corrected chi connectivity index (χ4v) is 2.29. The van der Waals surface area contributed by atoms with Crippen molar-refractivity contribution >= 4 is 11.5 Å². The number of ether oxygens (including phenoxy) is 2. The highest BCUT2D eigenvalue weighted by atomic mass is 16.5. The molecule has 114 valence electrons. The maximum Gasteiger partial charge on any atom is 0.342 e. The molecule has 0 aliphatic carbocycles. The molecule has 0 fully saturated rings. The number of esters is 1. The van der Waals surface area contributed by atoms with E-state index in [1.807, 2.05) is 12.1 Å². The van der Waals surface area contributed by atoms with E-state index in [4.69, 9.17) is 9.47 Å². The normalized spacial score (nSPS) is 14.4. The summed E-state index contributed by atoms with van der Waals surface area (Å²) in [5, 5.41) is 9.63. The SMILES string of the molecule is CCCCCCCOc1ccc(C2=C(O)COC2=O)cc1. The van der Waals surface area contributed by atoms with E-state index in [9.17, 15) is 9.90 Å². The Hall–Kier alpha value is -1.97. The van der Waals surface area contributed by atoms with E-state index < -0.39 is 5.97 Å². The van der Waals surface area contributed by atoms with Gasteiger partial charge in [0.25, 0.3) is 0 Å². The van der Waals surface area contributed by atoms with Crippen LogP contribution >= 0.6 is 0 Å². The quantitative estimate of drug-likeness (QED) is 0.583. The Balaban J connectivity index is 1.82. The summed E-state index contributed by atoms with van der Waals surface area (Å²) in [6, 6.07) is 7.16. The summed E-state index contributed by atoms with van der Waals surface area (Å²) < 4.78 is 10.4. The number of cyclic esters (lactones) is 1. The summed E-state index contributed by atoms with van der Waals surface area (Å²) in [5.41, 5.74) is 0.909. The van der Waals surface area contributed by atoms with Crippen LogP contribution in [-0.2, 0) is 9.53 Å². The number of aliphatic hydroxyl groups is 1. The molecule has 4 heteroatoms. The molecule has 1 aliphatic heterocycles. The molecule has 0 bridgehead atoms. The van der Waals surface area contributed by atoms with Gasteiger partial charge in [-0.3, -0.25) is 0 Å². The first-order valence-corrected chi connectivity index (χ1v) is 7.55. The molecule has 0 spiro atoms. The topological polar surface area (TPSA) is 55.8 Å². The van der Waals surface area contributed by atoms with Crippen molar-refractivity contribution < 1.29 is 19.4 Å². The summed E-state index contributed by atoms with van der Waals surface area (Å²) >= 11 is 0. The molecule has 2 rings (SSSR count). The summed E-state index contributed by atoms with van der Waals surface area (Å²) in [5.74, 6) is 0.294. The average Bonchev–Trinajstić information content (AvgIpc) is 2.83. The van der Waals surface area contributed by atoms with Gasteiger partial charge in [0.2, 0.25) is 0 Å². The molecule has 0 aromatic heterocycles. The molecule has 1 aliphatic rings. The largest absolute Gasteiger partial charge is 0.508 e. The molecule has 0 atom stereocenters. The Labute approximate surface area is 125 Å². The van der Waals surface area contributed by atoms with Crippen LogP contribution in [-0.4, -0.2) is 24.3 Å². The molecule has 0 radical (unpaired) electrons. The second-order valence-electron chi connectivity index (χ2n) is 5.18. The minimum absolute atomic E-state index is 0.00964. The predicted molar refractivity (Wildman–Crippen MR) is 81.2 cm³/mol. The lowest BCUT2D eigenvalue weighted by molar-refractivity contribution is -0.134. The number of aliphatic hydroxyl groups excluding tert-OH is 1. The van der Waals surface area contributed by atoms with Gasteiger partial charge < -0.3 is 14.6 Å². The smallest absolute Gasteiger partial charge is 0.342 e. The van der Waals surface area contributed by atoms with E-state index in [0.717, 1.165) is 12.2 Å². The Kier molecular flexibility index (Phi) is 5.67. The maximum atomic E-state index is 11.5. The average molecular weight is 290 g/mol. The third-order valence-corrected chi connectivity index (χ3v) is 3.49. The monoisotopic (exact) mass is 290 g/mol. The van der Waals surface area contributed by atoms with Crippen molar-refractivity contribution in [2.45, 2.75) is 39.0 Å². The standard InChI is InChI=1S/C17H22O4/c1-2-3-4-5-6-11-20-14-9-7-13(8-10-14)16-15(18)12-21-17(16)19/h7-10,18H,2-6,11-12H2,1H3. The Morgan fingerprint density at radius 3 is 2.48 bits per heavy atom. The summed E-state index contributed by atoms with van der Waals surface area (Å²) in [7, 11) is 0. The van der Waals surface area contributed by atoms with Crippen molar-refractivity contribution in [3.63, 3.8) is 0 Å². The van der Waals surface area contributed by atoms with Crippen molar-refractivity contribution in [3.05, 3.63) is 35.6 Å². The van der Waals surface area contributed by atoms with Crippen molar-refractivity contribution in [3.8, 4) is 5.75 Å². The first kappa shape index (κ1) is 15.4. The number of hydrogen-bond donors (Lipinski definition) is 1. The highest BCUT2D eigenvalue weighted by Crippen LogP contribution is 2.26. The second-order valence-corrected chi connectivity index (χ2v) is 5.18. The van der Waals surface area contributed by atoms with E-state index >= 15 is 0 Å². The number of benzene rings is 1. The van der Waals surface area contributed by atoms with E-state index in [1.165, 1.54) is 25.7 Å². The van der Waals surface area contributed by atoms with E-state index in [0.29, 0.717) is 12.2 Å². The van der Waals surface area contributed by atoms with Gasteiger partial charge in [0.1, 0.15) is 23.7 Å². The summed E-state index contributed by atoms with van der Waals surface area (Å²) in [6.07, 6.45) is 6.03. The van der Waals surface area contributed by atoms with Crippen molar-refractivity contribution in [2.24, 2.45) is 0 Å². The highest BCUT2D eigenvalue weighted by Gasteiger charge is 2.25. The van der Waals surface area contributed by atoms with Crippen LogP contribution in [0.2, 0.25) is 0 Å². The number of carbonyl (C=O) groups is 1. The molecule has 4 nitrogen and oxygen atoms in total. The summed E-state index contributed by atoms with van der Waals surface area (Å²) in [6.45, 7) is 2.87. The Morgan fingerprint density at radius 2 is 1.86 bits per heavy atom. The molecule has 1 N–H and O–H groups in total. The molecule has 0 unspecified atom stereocenters. The van der Waals surface area contributed by atoms with Crippen molar-refractivity contribution in [1.29, 1.82) is 0 Å². The first-order chi connectivity index (χ1) is 10.2. The van der Waals surface area contributed by atoms with Gasteiger partial charge in [0, 0.05) is 0 Å². The van der Waals surface area contributed by atoms with Gasteiger partial charge in [-0.1, -0.05) is 44.7 Å². The van der Waals surface area contributed by atoms with Crippen LogP contribution in [0.1, 0.15) is 44.6 Å². The van der Waals surface area contributed by atoms with Crippen LogP contribution < -0.4 is 4.74 Å². The van der Waals surface area contributed by atoms with Crippen LogP contribution in [0.3, 0.4) is 0 Å². The van der Waals surface area contributed by atoms with Crippen LogP contribution in [0, 0.1) is 0 Å². The van der Waals surface area contributed by atoms with Gasteiger partial charge in [-0.2, -0.15) is 0 Å². The molecule has 0 amide bonds. The zero-order valence-corrected chi connectivity index (χ0v) is 12.4. The Morgan fingerprint density at radius 1 is 1.14 bits per heavy atom. The zero-order valence-electron chi connectivity index (χ0n) is 12.4. The predicted octanol–water partition coefficient (Wildman–Crippen LogP) is 3.86. The molecule has 0 saturated carbocycles. The van der Waals surface area contributed by atoms with Crippen LogP contribution in [0.4, 0.5) is 0 Å². The third-order valence-electron chi connectivity index (χ3n) is 3.49. The molecular formula is C17H22O4. The van der Waals surface area contributed by atoms with Crippen molar-refractivity contribution in [1.82, 2.24) is 0 Å². The fraction of sp³-hybridized carbons (Fsp3) is 0.471. The van der Waals surface area contributed by atoms with Gasteiger partial charge >= 0.3 is 5.97 Å². The van der Waals surface area contributed by atoms with E-state index in [-0.39, 0.29) is 17.9 Å². The molecular weight excluding hydrogens is 268 g/mol. The van der Waals surface area contributed by atoms with E-state index in [2.05, 4.69) is 6.92 Å². The van der Waals surface area contributed by atoms with Gasteiger partial charge in [-0.05, 0) is 24.1 Å². The lowest BCUT2D eigenvalue weighted by atomic mass is 10.1. The first-order valence-electron chi connectivity index (χ1n) is 7.55. The minimum Gasteiger partial charge on any atom is -0.508 e. The lowest BCUT2D eigenvalue weighted by Crippen LogP contribution is -2.00. The van der Waals surface area contributed by atoms with Gasteiger partial charge in [-0.15, -0.1) is 0 Å². The van der Waals surface area contributed by atoms with Crippen LogP contribution in [0.25, 0.3) is 5.57 Å². The Bertz CT molecular complexity index is 502. The lowest BCUT2D eigenvalue weighted by Gasteiger charge is -2.07. The summed E-state index contributed by atoms with van der Waals surface area (Å²) in [4.78, 5) is 11.5. The zero-order chi connectivity index (χ0) is 15.1. The van der Waals surface area contributed by atoms with Crippen LogP contribution in [0.15, 0.2) is 30.0 Å². The molecule has 1 aromatic rings. The molecule has 1 heterocycles. The van der Waals surface area contributed by atoms with Crippen molar-refractivity contribution in [2.75, 3.05) is 13.2 Å². The maximum absolute atomic E-state index is 11.5. The number of carbonyl (C=O) groups excluding carboxylic acids is 1. The van der Waals surface area contributed by atoms with E-state index in [1.54, 1.807) is 12.1 Å².